The van der Waals surface area contributed by atoms with E-state index in [4.69, 9.17) is 22.1 Å². The zero-order valence-electron chi connectivity index (χ0n) is 14.0. The Labute approximate surface area is 165 Å². The Morgan fingerprint density at radius 1 is 1.21 bits per heavy atom. The standard InChI is InChI=1S/C18H22ClN3O.HI/c1-18(2,13-7-9-14(19)10-8-13)12-21-17(20)22-15-5-4-6-16(11-15)23-3;/h4-11H,12H2,1-3H3,(H3,20,21,22);1H. The van der Waals surface area contributed by atoms with Crippen LogP contribution in [0.5, 0.6) is 5.75 Å². The fraction of sp³-hybridized carbons (Fsp3) is 0.278. The molecule has 4 nitrogen and oxygen atoms in total. The number of halogens is 2. The van der Waals surface area contributed by atoms with Crippen LogP contribution in [0.1, 0.15) is 19.4 Å². The van der Waals surface area contributed by atoms with Crippen LogP contribution in [0.15, 0.2) is 53.5 Å². The fourth-order valence-electron chi connectivity index (χ4n) is 2.16. The molecule has 0 saturated carbocycles. The highest BCUT2D eigenvalue weighted by Crippen LogP contribution is 2.25. The lowest BCUT2D eigenvalue weighted by atomic mass is 9.85. The summed E-state index contributed by atoms with van der Waals surface area (Å²) in [6, 6.07) is 15.4. The molecule has 0 saturated heterocycles. The largest absolute Gasteiger partial charge is 0.497 e. The maximum atomic E-state index is 5.98. The Bertz CT molecular complexity index is 687. The van der Waals surface area contributed by atoms with Crippen molar-refractivity contribution < 1.29 is 4.74 Å². The van der Waals surface area contributed by atoms with Gasteiger partial charge >= 0.3 is 0 Å². The maximum Gasteiger partial charge on any atom is 0.193 e. The summed E-state index contributed by atoms with van der Waals surface area (Å²) in [4.78, 5) is 4.45. The number of hydrogen-bond donors (Lipinski definition) is 2. The van der Waals surface area contributed by atoms with E-state index in [9.17, 15) is 0 Å². The highest BCUT2D eigenvalue weighted by molar-refractivity contribution is 14.0. The molecule has 0 fully saturated rings. The number of nitrogens with zero attached hydrogens (tertiary/aromatic N) is 1. The quantitative estimate of drug-likeness (QED) is 0.388. The molecule has 0 aliphatic heterocycles. The van der Waals surface area contributed by atoms with Gasteiger partial charge in [-0.15, -0.1) is 24.0 Å². The molecule has 130 valence electrons. The van der Waals surface area contributed by atoms with Crippen molar-refractivity contribution in [2.75, 3.05) is 19.0 Å². The molecule has 0 amide bonds. The Morgan fingerprint density at radius 3 is 2.50 bits per heavy atom. The number of rotatable bonds is 5. The minimum atomic E-state index is -0.134. The molecule has 0 heterocycles. The van der Waals surface area contributed by atoms with E-state index in [2.05, 4.69) is 24.2 Å². The highest BCUT2D eigenvalue weighted by atomic mass is 127. The minimum absolute atomic E-state index is 0. The summed E-state index contributed by atoms with van der Waals surface area (Å²) in [7, 11) is 1.63. The number of aliphatic imine (C=N–C) groups is 1. The molecular formula is C18H23ClIN3O. The summed E-state index contributed by atoms with van der Waals surface area (Å²) in [6.07, 6.45) is 0. The van der Waals surface area contributed by atoms with E-state index in [-0.39, 0.29) is 29.4 Å². The maximum absolute atomic E-state index is 5.98. The van der Waals surface area contributed by atoms with Gasteiger partial charge in [-0.3, -0.25) is 4.99 Å². The molecule has 0 aliphatic carbocycles. The molecule has 0 unspecified atom stereocenters. The van der Waals surface area contributed by atoms with E-state index < -0.39 is 0 Å². The zero-order chi connectivity index (χ0) is 16.9. The van der Waals surface area contributed by atoms with Crippen LogP contribution in [0, 0.1) is 0 Å². The monoisotopic (exact) mass is 459 g/mol. The summed E-state index contributed by atoms with van der Waals surface area (Å²) in [5.74, 6) is 1.14. The van der Waals surface area contributed by atoms with E-state index in [1.165, 1.54) is 5.56 Å². The molecule has 0 aliphatic rings. The van der Waals surface area contributed by atoms with Gasteiger partial charge in [-0.25, -0.2) is 0 Å². The summed E-state index contributed by atoms with van der Waals surface area (Å²) in [5, 5.41) is 3.81. The van der Waals surface area contributed by atoms with Crippen molar-refractivity contribution in [2.24, 2.45) is 10.7 Å². The molecule has 0 radical (unpaired) electrons. The van der Waals surface area contributed by atoms with Crippen LogP contribution < -0.4 is 15.8 Å². The van der Waals surface area contributed by atoms with Crippen LogP contribution in [0.4, 0.5) is 5.69 Å². The van der Waals surface area contributed by atoms with Gasteiger partial charge in [0.05, 0.1) is 13.7 Å². The summed E-state index contributed by atoms with van der Waals surface area (Å²) >= 11 is 5.94. The van der Waals surface area contributed by atoms with Crippen LogP contribution in [0.25, 0.3) is 0 Å². The van der Waals surface area contributed by atoms with Crippen molar-refractivity contribution in [1.29, 1.82) is 0 Å². The molecule has 2 aromatic rings. The van der Waals surface area contributed by atoms with Crippen LogP contribution in [0.3, 0.4) is 0 Å². The lowest BCUT2D eigenvalue weighted by molar-refractivity contribution is 0.415. The highest BCUT2D eigenvalue weighted by Gasteiger charge is 2.20. The van der Waals surface area contributed by atoms with E-state index in [1.807, 2.05) is 48.5 Å². The van der Waals surface area contributed by atoms with E-state index in [0.29, 0.717) is 12.5 Å². The molecule has 0 aromatic heterocycles. The normalized spacial score (nSPS) is 11.6. The van der Waals surface area contributed by atoms with E-state index >= 15 is 0 Å². The molecule has 0 spiro atoms. The third kappa shape index (κ3) is 5.87. The first kappa shape index (κ1) is 20.6. The zero-order valence-corrected chi connectivity index (χ0v) is 17.1. The smallest absolute Gasteiger partial charge is 0.193 e. The molecule has 3 N–H and O–H groups in total. The third-order valence-electron chi connectivity index (χ3n) is 3.61. The Hall–Kier alpha value is -1.47. The summed E-state index contributed by atoms with van der Waals surface area (Å²) in [6.45, 7) is 4.81. The average Bonchev–Trinajstić information content (AvgIpc) is 2.54. The van der Waals surface area contributed by atoms with Crippen LogP contribution >= 0.6 is 35.6 Å². The molecule has 0 atom stereocenters. The van der Waals surface area contributed by atoms with Gasteiger partial charge in [0.2, 0.25) is 0 Å². The van der Waals surface area contributed by atoms with Crippen LogP contribution in [-0.4, -0.2) is 19.6 Å². The predicted molar refractivity (Wildman–Crippen MR) is 113 cm³/mol. The van der Waals surface area contributed by atoms with Crippen molar-refractivity contribution in [3.63, 3.8) is 0 Å². The fourth-order valence-corrected chi connectivity index (χ4v) is 2.29. The van der Waals surface area contributed by atoms with Gasteiger partial charge in [0.15, 0.2) is 5.96 Å². The lowest BCUT2D eigenvalue weighted by Gasteiger charge is -2.23. The van der Waals surface area contributed by atoms with Gasteiger partial charge in [-0.1, -0.05) is 43.6 Å². The van der Waals surface area contributed by atoms with Crippen molar-refractivity contribution in [3.8, 4) is 5.75 Å². The van der Waals surface area contributed by atoms with Gasteiger partial charge in [-0.2, -0.15) is 0 Å². The number of hydrogen-bond acceptors (Lipinski definition) is 2. The first-order chi connectivity index (χ1) is 10.9. The Morgan fingerprint density at radius 2 is 1.88 bits per heavy atom. The number of nitrogens with one attached hydrogen (secondary N) is 1. The molecule has 0 bridgehead atoms. The van der Waals surface area contributed by atoms with Crippen molar-refractivity contribution in [1.82, 2.24) is 0 Å². The summed E-state index contributed by atoms with van der Waals surface area (Å²) in [5.41, 5.74) is 7.86. The second-order valence-corrected chi connectivity index (χ2v) is 6.39. The van der Waals surface area contributed by atoms with Crippen molar-refractivity contribution >= 4 is 47.2 Å². The number of ether oxygens (including phenoxy) is 1. The van der Waals surface area contributed by atoms with Gasteiger partial charge in [0.1, 0.15) is 5.75 Å². The number of benzene rings is 2. The molecule has 6 heteroatoms. The Balaban J connectivity index is 0.00000288. The van der Waals surface area contributed by atoms with Gasteiger partial charge in [0, 0.05) is 22.2 Å². The van der Waals surface area contributed by atoms with Crippen LogP contribution in [0.2, 0.25) is 5.02 Å². The lowest BCUT2D eigenvalue weighted by Crippen LogP contribution is -2.27. The minimum Gasteiger partial charge on any atom is -0.497 e. The number of nitrogens with two attached hydrogens (primary N) is 1. The molecule has 2 aromatic carbocycles. The average molecular weight is 460 g/mol. The van der Waals surface area contributed by atoms with E-state index in [1.54, 1.807) is 7.11 Å². The predicted octanol–water partition coefficient (Wildman–Crippen LogP) is 4.67. The van der Waals surface area contributed by atoms with E-state index in [0.717, 1.165) is 16.5 Å². The van der Waals surface area contributed by atoms with Crippen molar-refractivity contribution in [3.05, 3.63) is 59.1 Å². The first-order valence-corrected chi connectivity index (χ1v) is 7.75. The van der Waals surface area contributed by atoms with Crippen LogP contribution in [-0.2, 0) is 5.41 Å². The van der Waals surface area contributed by atoms with Crippen molar-refractivity contribution in [2.45, 2.75) is 19.3 Å². The molecule has 2 rings (SSSR count). The second-order valence-electron chi connectivity index (χ2n) is 5.95. The number of anilines is 1. The first-order valence-electron chi connectivity index (χ1n) is 7.38. The molecule has 24 heavy (non-hydrogen) atoms. The molecular weight excluding hydrogens is 437 g/mol. The summed E-state index contributed by atoms with van der Waals surface area (Å²) < 4.78 is 5.19. The van der Waals surface area contributed by atoms with Gasteiger partial charge < -0.3 is 15.8 Å². The van der Waals surface area contributed by atoms with Gasteiger partial charge in [0.25, 0.3) is 0 Å². The SMILES string of the molecule is COc1cccc(NC(N)=NCC(C)(C)c2ccc(Cl)cc2)c1.I. The Kier molecular flexibility index (Phi) is 7.83. The van der Waals surface area contributed by atoms with Gasteiger partial charge in [-0.05, 0) is 29.8 Å². The topological polar surface area (TPSA) is 59.6 Å². The number of methoxy groups -OCH3 is 1. The second kappa shape index (κ2) is 9.13. The number of guanidine groups is 1. The third-order valence-corrected chi connectivity index (χ3v) is 3.86.